The van der Waals surface area contributed by atoms with Crippen LogP contribution in [0.4, 0.5) is 5.69 Å². The van der Waals surface area contributed by atoms with Gasteiger partial charge in [-0.15, -0.1) is 0 Å². The Hall–Kier alpha value is -3.45. The molecule has 1 heterocycles. The van der Waals surface area contributed by atoms with Gasteiger partial charge in [0.2, 0.25) is 0 Å². The first-order chi connectivity index (χ1) is 13.1. The fourth-order valence-electron chi connectivity index (χ4n) is 2.30. The number of nitrogens with one attached hydrogen (secondary N) is 2. The molecule has 0 aliphatic rings. The van der Waals surface area contributed by atoms with Gasteiger partial charge in [0.15, 0.2) is 0 Å². The Bertz CT molecular complexity index is 1040. The smallest absolute Gasteiger partial charge is 0.329 e. The summed E-state index contributed by atoms with van der Waals surface area (Å²) < 4.78 is 5.06. The Balaban J connectivity index is 1.64. The van der Waals surface area contributed by atoms with Crippen LogP contribution in [0.15, 0.2) is 59.7 Å². The van der Waals surface area contributed by atoms with E-state index in [9.17, 15) is 9.59 Å². The summed E-state index contributed by atoms with van der Waals surface area (Å²) in [7, 11) is 1.51. The molecule has 3 aromatic rings. The number of methoxy groups -OCH3 is 1. The molecule has 0 atom stereocenters. The van der Waals surface area contributed by atoms with Crippen molar-refractivity contribution >= 4 is 46.2 Å². The number of hydrazone groups is 1. The number of halogens is 1. The second-order valence-corrected chi connectivity index (χ2v) is 5.80. The predicted molar refractivity (Wildman–Crippen MR) is 104 cm³/mol. The molecular formula is C19H15ClN4O3. The van der Waals surface area contributed by atoms with Gasteiger partial charge in [0, 0.05) is 22.7 Å². The maximum atomic E-state index is 11.9. The Kier molecular flexibility index (Phi) is 5.63. The quantitative estimate of drug-likeness (QED) is 0.314. The van der Waals surface area contributed by atoms with Crippen molar-refractivity contribution < 1.29 is 14.3 Å². The second kappa shape index (κ2) is 8.29. The maximum absolute atomic E-state index is 11.9. The lowest BCUT2D eigenvalue weighted by atomic mass is 10.2. The molecule has 2 aromatic carbocycles. The van der Waals surface area contributed by atoms with Crippen LogP contribution in [0.2, 0.25) is 5.15 Å². The molecule has 136 valence electrons. The average molecular weight is 383 g/mol. The molecule has 7 nitrogen and oxygen atoms in total. The van der Waals surface area contributed by atoms with Crippen LogP contribution in [-0.4, -0.2) is 30.1 Å². The molecule has 3 rings (SSSR count). The molecular weight excluding hydrogens is 368 g/mol. The van der Waals surface area contributed by atoms with Crippen molar-refractivity contribution in [2.75, 3.05) is 12.4 Å². The Morgan fingerprint density at radius 2 is 1.93 bits per heavy atom. The van der Waals surface area contributed by atoms with E-state index >= 15 is 0 Å². The van der Waals surface area contributed by atoms with Crippen molar-refractivity contribution in [3.8, 4) is 5.75 Å². The second-order valence-electron chi connectivity index (χ2n) is 5.45. The van der Waals surface area contributed by atoms with E-state index in [4.69, 9.17) is 16.3 Å². The number of carbonyl (C=O) groups is 2. The van der Waals surface area contributed by atoms with Crippen molar-refractivity contribution in [3.63, 3.8) is 0 Å². The largest absolute Gasteiger partial charge is 0.497 e. The summed E-state index contributed by atoms with van der Waals surface area (Å²) in [5.74, 6) is -1.22. The number of aromatic nitrogens is 1. The number of ether oxygens (including phenoxy) is 1. The first-order valence-corrected chi connectivity index (χ1v) is 8.28. The van der Waals surface area contributed by atoms with Crippen LogP contribution >= 0.6 is 11.6 Å². The van der Waals surface area contributed by atoms with Crippen molar-refractivity contribution in [3.05, 3.63) is 65.3 Å². The van der Waals surface area contributed by atoms with Crippen molar-refractivity contribution in [2.24, 2.45) is 5.10 Å². The molecule has 0 bridgehead atoms. The summed E-state index contributed by atoms with van der Waals surface area (Å²) >= 11 is 6.11. The summed E-state index contributed by atoms with van der Waals surface area (Å²) in [5, 5.41) is 7.35. The van der Waals surface area contributed by atoms with Crippen LogP contribution in [0.25, 0.3) is 10.9 Å². The summed E-state index contributed by atoms with van der Waals surface area (Å²) in [4.78, 5) is 28.0. The third-order valence-electron chi connectivity index (χ3n) is 3.61. The molecule has 2 amide bonds. The van der Waals surface area contributed by atoms with Crippen LogP contribution in [0, 0.1) is 0 Å². The zero-order chi connectivity index (χ0) is 19.2. The number of hydrogen-bond donors (Lipinski definition) is 2. The highest BCUT2D eigenvalue weighted by atomic mass is 35.5. The fraction of sp³-hybridized carbons (Fsp3) is 0.0526. The Morgan fingerprint density at radius 3 is 2.74 bits per heavy atom. The van der Waals surface area contributed by atoms with Gasteiger partial charge in [0.1, 0.15) is 10.9 Å². The molecule has 27 heavy (non-hydrogen) atoms. The molecule has 0 unspecified atom stereocenters. The van der Waals surface area contributed by atoms with Crippen LogP contribution in [-0.2, 0) is 9.59 Å². The van der Waals surface area contributed by atoms with E-state index in [0.717, 1.165) is 10.9 Å². The number of rotatable bonds is 4. The number of fused-ring (bicyclic) bond motifs is 1. The minimum absolute atomic E-state index is 0.243. The highest BCUT2D eigenvalue weighted by Crippen LogP contribution is 2.19. The number of para-hydroxylation sites is 1. The molecule has 2 N–H and O–H groups in total. The lowest BCUT2D eigenvalue weighted by Gasteiger charge is -2.06. The monoisotopic (exact) mass is 382 g/mol. The summed E-state index contributed by atoms with van der Waals surface area (Å²) in [6, 6.07) is 15.9. The van der Waals surface area contributed by atoms with E-state index in [1.807, 2.05) is 24.3 Å². The number of hydrogen-bond acceptors (Lipinski definition) is 5. The molecule has 0 saturated heterocycles. The maximum Gasteiger partial charge on any atom is 0.329 e. The highest BCUT2D eigenvalue weighted by molar-refractivity contribution is 6.39. The van der Waals surface area contributed by atoms with Crippen molar-refractivity contribution in [1.82, 2.24) is 10.4 Å². The molecule has 0 fully saturated rings. The minimum atomic E-state index is -0.918. The van der Waals surface area contributed by atoms with Gasteiger partial charge in [-0.3, -0.25) is 9.59 Å². The average Bonchev–Trinajstić information content (AvgIpc) is 2.68. The summed E-state index contributed by atoms with van der Waals surface area (Å²) in [6.45, 7) is 0. The zero-order valence-electron chi connectivity index (χ0n) is 14.3. The van der Waals surface area contributed by atoms with Gasteiger partial charge in [-0.2, -0.15) is 5.10 Å². The molecule has 1 aromatic heterocycles. The standard InChI is InChI=1S/C19H15ClN4O3/c1-27-15-7-4-6-14(10-15)22-18(25)19(26)24-21-11-13-9-12-5-2-3-8-16(12)23-17(13)20/h2-11H,1H3,(H,22,25)(H,24,26)/b21-11-. The van der Waals surface area contributed by atoms with Gasteiger partial charge in [0.25, 0.3) is 0 Å². The van der Waals surface area contributed by atoms with Gasteiger partial charge in [-0.1, -0.05) is 35.9 Å². The van der Waals surface area contributed by atoms with Crippen molar-refractivity contribution in [2.45, 2.75) is 0 Å². The normalized spacial score (nSPS) is 10.7. The zero-order valence-corrected chi connectivity index (χ0v) is 15.0. The SMILES string of the molecule is COc1cccc(NC(=O)C(=O)N/N=C\c2cc3ccccc3nc2Cl)c1. The first-order valence-electron chi connectivity index (χ1n) is 7.90. The van der Waals surface area contributed by atoms with Crippen LogP contribution in [0.1, 0.15) is 5.56 Å². The number of amides is 2. The molecule has 8 heteroatoms. The lowest BCUT2D eigenvalue weighted by Crippen LogP contribution is -2.32. The van der Waals surface area contributed by atoms with Gasteiger partial charge in [-0.05, 0) is 24.3 Å². The molecule has 0 aliphatic heterocycles. The molecule has 0 spiro atoms. The number of pyridine rings is 1. The Labute approximate surface area is 160 Å². The third-order valence-corrected chi connectivity index (χ3v) is 3.91. The van der Waals surface area contributed by atoms with Crippen LogP contribution in [0.3, 0.4) is 0 Å². The Morgan fingerprint density at radius 1 is 1.11 bits per heavy atom. The van der Waals surface area contributed by atoms with Crippen LogP contribution < -0.4 is 15.5 Å². The van der Waals surface area contributed by atoms with Gasteiger partial charge in [0.05, 0.1) is 18.8 Å². The van der Waals surface area contributed by atoms with E-state index in [1.54, 1.807) is 30.3 Å². The minimum Gasteiger partial charge on any atom is -0.497 e. The lowest BCUT2D eigenvalue weighted by molar-refractivity contribution is -0.136. The topological polar surface area (TPSA) is 92.7 Å². The predicted octanol–water partition coefficient (Wildman–Crippen LogP) is 2.99. The summed E-state index contributed by atoms with van der Waals surface area (Å²) in [6.07, 6.45) is 1.33. The van der Waals surface area contributed by atoms with E-state index in [1.165, 1.54) is 13.3 Å². The molecule has 0 aliphatic carbocycles. The van der Waals surface area contributed by atoms with E-state index in [0.29, 0.717) is 17.0 Å². The molecule has 0 saturated carbocycles. The fourth-order valence-corrected chi connectivity index (χ4v) is 2.49. The number of nitrogens with zero attached hydrogens (tertiary/aromatic N) is 2. The highest BCUT2D eigenvalue weighted by Gasteiger charge is 2.13. The van der Waals surface area contributed by atoms with E-state index in [-0.39, 0.29) is 5.15 Å². The van der Waals surface area contributed by atoms with E-state index in [2.05, 4.69) is 20.8 Å². The van der Waals surface area contributed by atoms with Gasteiger partial charge < -0.3 is 10.1 Å². The van der Waals surface area contributed by atoms with E-state index < -0.39 is 11.8 Å². The third kappa shape index (κ3) is 4.59. The number of benzene rings is 2. The summed E-state index contributed by atoms with van der Waals surface area (Å²) in [5.41, 5.74) is 3.86. The van der Waals surface area contributed by atoms with Gasteiger partial charge >= 0.3 is 11.8 Å². The number of anilines is 1. The molecule has 0 radical (unpaired) electrons. The van der Waals surface area contributed by atoms with Crippen LogP contribution in [0.5, 0.6) is 5.75 Å². The van der Waals surface area contributed by atoms with Gasteiger partial charge in [-0.25, -0.2) is 10.4 Å². The van der Waals surface area contributed by atoms with Crippen molar-refractivity contribution in [1.29, 1.82) is 0 Å². The number of carbonyl (C=O) groups excluding carboxylic acids is 2. The first kappa shape index (κ1) is 18.3.